The van der Waals surface area contributed by atoms with Crippen molar-refractivity contribution in [2.45, 2.75) is 19.5 Å². The lowest BCUT2D eigenvalue weighted by Gasteiger charge is -2.16. The molecule has 0 spiro atoms. The molecule has 6 heteroatoms. The standard InChI is InChI=1S/C25H23N3O3/c1-17(19-11-13-21(14-12-19)20-5-3-2-4-6-20)27-24(30)22-9-7-18(8-10-22)16-28-23(29)15-26-25(28)31/h2-14,17H,15-16H2,1H3,(H,26,31)(H,27,30)/t17-/m1/s1. The van der Waals surface area contributed by atoms with Gasteiger partial charge in [-0.25, -0.2) is 4.79 Å². The van der Waals surface area contributed by atoms with Crippen LogP contribution < -0.4 is 10.6 Å². The van der Waals surface area contributed by atoms with Crippen molar-refractivity contribution in [3.8, 4) is 11.1 Å². The van der Waals surface area contributed by atoms with Crippen LogP contribution in [0.25, 0.3) is 11.1 Å². The van der Waals surface area contributed by atoms with Crippen LogP contribution in [0.1, 0.15) is 34.5 Å². The Morgan fingerprint density at radius 3 is 2.19 bits per heavy atom. The van der Waals surface area contributed by atoms with Gasteiger partial charge in [0.2, 0.25) is 5.91 Å². The number of hydrogen-bond donors (Lipinski definition) is 2. The van der Waals surface area contributed by atoms with E-state index in [9.17, 15) is 14.4 Å². The Bertz CT molecular complexity index is 1080. The van der Waals surface area contributed by atoms with E-state index in [2.05, 4.69) is 34.9 Å². The quantitative estimate of drug-likeness (QED) is 0.602. The minimum atomic E-state index is -0.390. The molecule has 0 aromatic heterocycles. The van der Waals surface area contributed by atoms with Gasteiger partial charge in [0.15, 0.2) is 0 Å². The molecule has 1 heterocycles. The maximum absolute atomic E-state index is 12.6. The second-order valence-electron chi connectivity index (χ2n) is 7.52. The molecule has 1 aliphatic heterocycles. The number of imide groups is 1. The van der Waals surface area contributed by atoms with Gasteiger partial charge in [-0.05, 0) is 41.3 Å². The van der Waals surface area contributed by atoms with E-state index in [4.69, 9.17) is 0 Å². The van der Waals surface area contributed by atoms with Gasteiger partial charge in [0.1, 0.15) is 0 Å². The van der Waals surface area contributed by atoms with Crippen LogP contribution in [0.2, 0.25) is 0 Å². The lowest BCUT2D eigenvalue weighted by Crippen LogP contribution is -2.30. The number of nitrogens with one attached hydrogen (secondary N) is 2. The summed E-state index contributed by atoms with van der Waals surface area (Å²) in [6.07, 6.45) is 0. The van der Waals surface area contributed by atoms with Crippen molar-refractivity contribution >= 4 is 17.8 Å². The average Bonchev–Trinajstić information content (AvgIpc) is 3.12. The maximum Gasteiger partial charge on any atom is 0.324 e. The Balaban J connectivity index is 1.37. The lowest BCUT2D eigenvalue weighted by atomic mass is 10.0. The van der Waals surface area contributed by atoms with Crippen LogP contribution in [-0.2, 0) is 11.3 Å². The molecule has 4 rings (SSSR count). The van der Waals surface area contributed by atoms with Gasteiger partial charge in [-0.2, -0.15) is 0 Å². The van der Waals surface area contributed by atoms with Gasteiger partial charge in [0.05, 0.1) is 19.1 Å². The molecule has 6 nitrogen and oxygen atoms in total. The van der Waals surface area contributed by atoms with E-state index in [-0.39, 0.29) is 37.0 Å². The molecule has 0 aliphatic carbocycles. The van der Waals surface area contributed by atoms with Crippen LogP contribution in [0.5, 0.6) is 0 Å². The van der Waals surface area contributed by atoms with Gasteiger partial charge in [0.25, 0.3) is 5.91 Å². The van der Waals surface area contributed by atoms with E-state index in [0.717, 1.165) is 27.2 Å². The van der Waals surface area contributed by atoms with E-state index in [0.29, 0.717) is 5.56 Å². The number of benzene rings is 3. The zero-order valence-electron chi connectivity index (χ0n) is 17.2. The van der Waals surface area contributed by atoms with Gasteiger partial charge in [-0.1, -0.05) is 66.7 Å². The minimum Gasteiger partial charge on any atom is -0.346 e. The van der Waals surface area contributed by atoms with E-state index in [1.165, 1.54) is 0 Å². The third kappa shape index (κ3) is 4.64. The van der Waals surface area contributed by atoms with Crippen LogP contribution in [0.15, 0.2) is 78.9 Å². The summed E-state index contributed by atoms with van der Waals surface area (Å²) < 4.78 is 0. The largest absolute Gasteiger partial charge is 0.346 e. The van der Waals surface area contributed by atoms with Gasteiger partial charge in [0, 0.05) is 5.56 Å². The number of hydrogen-bond acceptors (Lipinski definition) is 3. The van der Waals surface area contributed by atoms with Gasteiger partial charge >= 0.3 is 6.03 Å². The Kier molecular flexibility index (Phi) is 5.80. The predicted molar refractivity (Wildman–Crippen MR) is 118 cm³/mol. The molecule has 3 aromatic carbocycles. The number of amides is 4. The third-order valence-corrected chi connectivity index (χ3v) is 5.36. The summed E-state index contributed by atoms with van der Waals surface area (Å²) in [4.78, 5) is 37.2. The summed E-state index contributed by atoms with van der Waals surface area (Å²) in [6.45, 7) is 2.17. The lowest BCUT2D eigenvalue weighted by molar-refractivity contribution is -0.125. The molecule has 1 saturated heterocycles. The Hall–Kier alpha value is -3.93. The van der Waals surface area contributed by atoms with Crippen molar-refractivity contribution in [3.05, 3.63) is 95.6 Å². The van der Waals surface area contributed by atoms with E-state index in [1.807, 2.05) is 37.3 Å². The molecule has 0 radical (unpaired) electrons. The Morgan fingerprint density at radius 2 is 1.58 bits per heavy atom. The van der Waals surface area contributed by atoms with Crippen molar-refractivity contribution in [2.24, 2.45) is 0 Å². The highest BCUT2D eigenvalue weighted by Gasteiger charge is 2.28. The third-order valence-electron chi connectivity index (χ3n) is 5.36. The SMILES string of the molecule is C[C@@H](NC(=O)c1ccc(CN2C(=O)CNC2=O)cc1)c1ccc(-c2ccccc2)cc1. The molecular weight excluding hydrogens is 390 g/mol. The molecule has 1 atom stereocenters. The van der Waals surface area contributed by atoms with Gasteiger partial charge in [-0.3, -0.25) is 14.5 Å². The normalized spacial score (nSPS) is 14.3. The van der Waals surface area contributed by atoms with Crippen LogP contribution in [0.4, 0.5) is 4.79 Å². The van der Waals surface area contributed by atoms with Crippen LogP contribution in [-0.4, -0.2) is 29.3 Å². The van der Waals surface area contributed by atoms with Crippen LogP contribution >= 0.6 is 0 Å². The summed E-state index contributed by atoms with van der Waals surface area (Å²) in [7, 11) is 0. The number of carbonyl (C=O) groups is 3. The van der Waals surface area contributed by atoms with Crippen molar-refractivity contribution < 1.29 is 14.4 Å². The highest BCUT2D eigenvalue weighted by atomic mass is 16.2. The fourth-order valence-electron chi connectivity index (χ4n) is 3.52. The summed E-state index contributed by atoms with van der Waals surface area (Å²) in [5, 5.41) is 5.50. The number of nitrogens with zero attached hydrogens (tertiary/aromatic N) is 1. The highest BCUT2D eigenvalue weighted by molar-refractivity contribution is 6.01. The molecule has 2 N–H and O–H groups in total. The summed E-state index contributed by atoms with van der Waals surface area (Å²) in [6, 6.07) is 24.7. The van der Waals surface area contributed by atoms with Crippen molar-refractivity contribution in [2.75, 3.05) is 6.54 Å². The smallest absolute Gasteiger partial charge is 0.324 e. The Labute approximate surface area is 180 Å². The molecule has 156 valence electrons. The fraction of sp³-hybridized carbons (Fsp3) is 0.160. The molecule has 0 saturated carbocycles. The molecule has 0 unspecified atom stereocenters. The average molecular weight is 413 g/mol. The molecule has 1 fully saturated rings. The summed E-state index contributed by atoms with van der Waals surface area (Å²) in [5.41, 5.74) is 4.60. The zero-order chi connectivity index (χ0) is 21.8. The first kappa shape index (κ1) is 20.3. The molecule has 1 aliphatic rings. The topological polar surface area (TPSA) is 78.5 Å². The molecule has 0 bridgehead atoms. The van der Waals surface area contributed by atoms with Gasteiger partial charge < -0.3 is 10.6 Å². The first-order valence-electron chi connectivity index (χ1n) is 10.1. The fourth-order valence-corrected chi connectivity index (χ4v) is 3.52. The minimum absolute atomic E-state index is 0.0313. The van der Waals surface area contributed by atoms with Crippen molar-refractivity contribution in [3.63, 3.8) is 0 Å². The Morgan fingerprint density at radius 1 is 0.935 bits per heavy atom. The molecule has 4 amide bonds. The molecule has 31 heavy (non-hydrogen) atoms. The maximum atomic E-state index is 12.6. The zero-order valence-corrected chi connectivity index (χ0v) is 17.2. The summed E-state index contributed by atoms with van der Waals surface area (Å²) in [5.74, 6) is -0.430. The number of urea groups is 1. The number of carbonyl (C=O) groups excluding carboxylic acids is 3. The van der Waals surface area contributed by atoms with Crippen LogP contribution in [0, 0.1) is 0 Å². The van der Waals surface area contributed by atoms with Crippen molar-refractivity contribution in [1.82, 2.24) is 15.5 Å². The van der Waals surface area contributed by atoms with Crippen LogP contribution in [0.3, 0.4) is 0 Å². The molecule has 3 aromatic rings. The first-order valence-corrected chi connectivity index (χ1v) is 10.1. The van der Waals surface area contributed by atoms with E-state index < -0.39 is 0 Å². The highest BCUT2D eigenvalue weighted by Crippen LogP contribution is 2.22. The predicted octanol–water partition coefficient (Wildman–Crippen LogP) is 3.90. The van der Waals surface area contributed by atoms with E-state index >= 15 is 0 Å². The number of rotatable bonds is 6. The monoisotopic (exact) mass is 413 g/mol. The van der Waals surface area contributed by atoms with Gasteiger partial charge in [-0.15, -0.1) is 0 Å². The second-order valence-corrected chi connectivity index (χ2v) is 7.52. The second kappa shape index (κ2) is 8.83. The van der Waals surface area contributed by atoms with E-state index in [1.54, 1.807) is 24.3 Å². The van der Waals surface area contributed by atoms with Crippen molar-refractivity contribution in [1.29, 1.82) is 0 Å². The first-order chi connectivity index (χ1) is 15.0. The molecular formula is C25H23N3O3. The summed E-state index contributed by atoms with van der Waals surface area (Å²) >= 11 is 0.